The van der Waals surface area contributed by atoms with E-state index < -0.39 is 23.2 Å². The van der Waals surface area contributed by atoms with Gasteiger partial charge in [-0.25, -0.2) is 0 Å². The van der Waals surface area contributed by atoms with Crippen molar-refractivity contribution in [3.05, 3.63) is 23.0 Å². The molecule has 5 nitrogen and oxygen atoms in total. The molecule has 5 heteroatoms. The molecule has 1 saturated heterocycles. The molecule has 0 aromatic rings. The number of hydrogen-bond acceptors (Lipinski definition) is 5. The summed E-state index contributed by atoms with van der Waals surface area (Å²) in [5.41, 5.74) is 0.666. The maximum absolute atomic E-state index is 12.7. The predicted octanol–water partition coefficient (Wildman–Crippen LogP) is 1.30. The Hall–Kier alpha value is -1.17. The molecule has 1 spiro atoms. The van der Waals surface area contributed by atoms with Gasteiger partial charge in [-0.2, -0.15) is 0 Å². The zero-order valence-corrected chi connectivity index (χ0v) is 14.4. The molecule has 5 atom stereocenters. The molecule has 4 aliphatic carbocycles. The number of ketones is 1. The van der Waals surface area contributed by atoms with Gasteiger partial charge in [0, 0.05) is 24.6 Å². The van der Waals surface area contributed by atoms with Crippen LogP contribution < -0.4 is 0 Å². The molecular formula is C20H25NO4. The fourth-order valence-corrected chi connectivity index (χ4v) is 6.50. The van der Waals surface area contributed by atoms with E-state index in [1.165, 1.54) is 18.4 Å². The van der Waals surface area contributed by atoms with E-state index in [0.29, 0.717) is 25.0 Å². The van der Waals surface area contributed by atoms with E-state index >= 15 is 0 Å². The van der Waals surface area contributed by atoms with Crippen LogP contribution in [0.25, 0.3) is 0 Å². The third-order valence-electron chi connectivity index (χ3n) is 7.80. The number of nitrogens with zero attached hydrogens (tertiary/aromatic N) is 1. The zero-order chi connectivity index (χ0) is 17.0. The first-order chi connectivity index (χ1) is 12.0. The molecule has 4 fully saturated rings. The lowest BCUT2D eigenvalue weighted by Crippen LogP contribution is -2.74. The van der Waals surface area contributed by atoms with Crippen molar-refractivity contribution in [3.8, 4) is 0 Å². The molecule has 25 heavy (non-hydrogen) atoms. The van der Waals surface area contributed by atoms with E-state index in [1.54, 1.807) is 0 Å². The molecule has 2 heterocycles. The third kappa shape index (κ3) is 1.64. The van der Waals surface area contributed by atoms with E-state index in [1.807, 2.05) is 0 Å². The van der Waals surface area contributed by atoms with Crippen LogP contribution in [0.1, 0.15) is 44.9 Å². The van der Waals surface area contributed by atoms with E-state index in [4.69, 9.17) is 4.74 Å². The topological polar surface area (TPSA) is 70.0 Å². The molecule has 0 amide bonds. The first-order valence-corrected chi connectivity index (χ1v) is 9.82. The van der Waals surface area contributed by atoms with Crippen LogP contribution in [0.4, 0.5) is 0 Å². The van der Waals surface area contributed by atoms with Gasteiger partial charge in [0.25, 0.3) is 0 Å². The molecule has 2 aliphatic heterocycles. The standard InChI is InChI=1S/C20H25NO4/c22-13-4-3-12-9-15-20(24)6-5-14(23)18-19(20,16(12)17(13)25-18)7-8-21(15)10-11-1-2-11/h3,11,13,15,18,22,24H,1-2,4-10H2/t13?,15-,18+,19+,20-/m1/s1. The maximum Gasteiger partial charge on any atom is 0.174 e. The summed E-state index contributed by atoms with van der Waals surface area (Å²) in [6.45, 7) is 1.99. The summed E-state index contributed by atoms with van der Waals surface area (Å²) in [6, 6.07) is 0.0747. The summed E-state index contributed by atoms with van der Waals surface area (Å²) >= 11 is 0. The molecule has 0 aromatic carbocycles. The minimum atomic E-state index is -0.913. The summed E-state index contributed by atoms with van der Waals surface area (Å²) in [6.07, 6.45) is 6.51. The van der Waals surface area contributed by atoms with E-state index in [-0.39, 0.29) is 11.8 Å². The van der Waals surface area contributed by atoms with Crippen LogP contribution in [-0.4, -0.2) is 57.8 Å². The van der Waals surface area contributed by atoms with Crippen molar-refractivity contribution < 1.29 is 19.7 Å². The van der Waals surface area contributed by atoms with Crippen LogP contribution in [-0.2, 0) is 9.53 Å². The van der Waals surface area contributed by atoms with Gasteiger partial charge in [-0.15, -0.1) is 0 Å². The van der Waals surface area contributed by atoms with Gasteiger partial charge in [-0.1, -0.05) is 6.08 Å². The highest BCUT2D eigenvalue weighted by atomic mass is 16.5. The van der Waals surface area contributed by atoms with Crippen LogP contribution in [0.3, 0.4) is 0 Å². The number of Topliss-reactive ketones (excluding diaryl/α,β-unsaturated/α-hetero) is 1. The zero-order valence-electron chi connectivity index (χ0n) is 14.4. The molecule has 2 N–H and O–H groups in total. The molecule has 6 aliphatic rings. The van der Waals surface area contributed by atoms with Gasteiger partial charge in [0.1, 0.15) is 11.9 Å². The normalized spacial score (nSPS) is 48.2. The van der Waals surface area contributed by atoms with Gasteiger partial charge in [0.15, 0.2) is 11.9 Å². The number of piperidine rings is 1. The lowest BCUT2D eigenvalue weighted by molar-refractivity contribution is -0.211. The maximum atomic E-state index is 12.7. The molecule has 1 unspecified atom stereocenters. The van der Waals surface area contributed by atoms with Gasteiger partial charge in [0.05, 0.1) is 11.0 Å². The van der Waals surface area contributed by atoms with Gasteiger partial charge in [-0.05, 0) is 56.6 Å². The summed E-state index contributed by atoms with van der Waals surface area (Å²) < 4.78 is 6.11. The fourth-order valence-electron chi connectivity index (χ4n) is 6.50. The number of carbonyl (C=O) groups is 1. The molecule has 3 saturated carbocycles. The smallest absolute Gasteiger partial charge is 0.174 e. The summed E-state index contributed by atoms with van der Waals surface area (Å²) in [4.78, 5) is 15.2. The number of carbonyl (C=O) groups excluding carboxylic acids is 1. The number of likely N-dealkylation sites (tertiary alicyclic amines) is 1. The SMILES string of the molecule is O=C1CC[C@@]2(O)[C@H]3CC4=CCC(O)C5=C4[C@@]2(CCN3CC2CC2)[C@H]1O5. The number of rotatable bonds is 2. The van der Waals surface area contributed by atoms with E-state index in [9.17, 15) is 15.0 Å². The molecular weight excluding hydrogens is 318 g/mol. The number of aliphatic hydroxyl groups excluding tert-OH is 1. The minimum absolute atomic E-state index is 0.0747. The lowest BCUT2D eigenvalue weighted by atomic mass is 9.47. The Morgan fingerprint density at radius 3 is 2.96 bits per heavy atom. The van der Waals surface area contributed by atoms with Crippen molar-refractivity contribution in [2.24, 2.45) is 11.3 Å². The van der Waals surface area contributed by atoms with Crippen molar-refractivity contribution >= 4 is 5.78 Å². The Labute approximate surface area is 147 Å². The molecule has 0 aromatic heterocycles. The minimum Gasteiger partial charge on any atom is -0.483 e. The molecule has 0 radical (unpaired) electrons. The number of aliphatic hydroxyl groups is 2. The Bertz CT molecular complexity index is 738. The fraction of sp³-hybridized carbons (Fsp3) is 0.750. The highest BCUT2D eigenvalue weighted by Crippen LogP contribution is 2.67. The molecule has 134 valence electrons. The van der Waals surface area contributed by atoms with Crippen molar-refractivity contribution in [1.82, 2.24) is 4.90 Å². The molecule has 2 bridgehead atoms. The van der Waals surface area contributed by atoms with Crippen LogP contribution in [0.2, 0.25) is 0 Å². The summed E-state index contributed by atoms with van der Waals surface area (Å²) in [7, 11) is 0. The average molecular weight is 343 g/mol. The Kier molecular flexibility index (Phi) is 2.73. The van der Waals surface area contributed by atoms with Crippen molar-refractivity contribution in [2.75, 3.05) is 13.1 Å². The van der Waals surface area contributed by atoms with Gasteiger partial charge in [-0.3, -0.25) is 9.69 Å². The quantitative estimate of drug-likeness (QED) is 0.791. The van der Waals surface area contributed by atoms with Crippen LogP contribution in [0.5, 0.6) is 0 Å². The summed E-state index contributed by atoms with van der Waals surface area (Å²) in [5, 5.41) is 22.5. The lowest BCUT2D eigenvalue weighted by Gasteiger charge is -2.63. The van der Waals surface area contributed by atoms with Crippen molar-refractivity contribution in [3.63, 3.8) is 0 Å². The highest BCUT2D eigenvalue weighted by molar-refractivity contribution is 5.88. The second-order valence-electron chi connectivity index (χ2n) is 8.99. The van der Waals surface area contributed by atoms with Crippen molar-refractivity contribution in [1.29, 1.82) is 0 Å². The van der Waals surface area contributed by atoms with Crippen LogP contribution >= 0.6 is 0 Å². The second-order valence-corrected chi connectivity index (χ2v) is 8.99. The van der Waals surface area contributed by atoms with E-state index in [0.717, 1.165) is 37.4 Å². The predicted molar refractivity (Wildman–Crippen MR) is 89.5 cm³/mol. The van der Waals surface area contributed by atoms with Gasteiger partial charge >= 0.3 is 0 Å². The molecule has 6 rings (SSSR count). The first-order valence-electron chi connectivity index (χ1n) is 9.82. The third-order valence-corrected chi connectivity index (χ3v) is 7.80. The highest BCUT2D eigenvalue weighted by Gasteiger charge is 2.74. The summed E-state index contributed by atoms with van der Waals surface area (Å²) in [5.74, 6) is 1.47. The van der Waals surface area contributed by atoms with Gasteiger partial charge in [0.2, 0.25) is 0 Å². The number of ether oxygens (including phenoxy) is 1. The van der Waals surface area contributed by atoms with Gasteiger partial charge < -0.3 is 14.9 Å². The average Bonchev–Trinajstić information content (AvgIpc) is 3.32. The Morgan fingerprint density at radius 2 is 2.16 bits per heavy atom. The Morgan fingerprint density at radius 1 is 1.32 bits per heavy atom. The van der Waals surface area contributed by atoms with Crippen molar-refractivity contribution in [2.45, 2.75) is 68.8 Å². The largest absolute Gasteiger partial charge is 0.483 e. The van der Waals surface area contributed by atoms with E-state index in [2.05, 4.69) is 11.0 Å². The van der Waals surface area contributed by atoms with Crippen LogP contribution in [0, 0.1) is 11.3 Å². The van der Waals surface area contributed by atoms with Crippen LogP contribution in [0.15, 0.2) is 23.0 Å². The second kappa shape index (κ2) is 4.56. The Balaban J connectivity index is 1.53. The number of hydrogen-bond donors (Lipinski definition) is 2. The monoisotopic (exact) mass is 343 g/mol. The first kappa shape index (κ1) is 14.9.